The SMILES string of the molecule is CC(NS(=O)(=O)c1cccc(C(F)(F)F)c1)C(=O)O. The second-order valence-corrected chi connectivity index (χ2v) is 5.42. The number of alkyl halides is 3. The minimum absolute atomic E-state index is 0.441. The summed E-state index contributed by atoms with van der Waals surface area (Å²) < 4.78 is 62.4. The Kier molecular flexibility index (Phi) is 4.21. The van der Waals surface area contributed by atoms with Gasteiger partial charge in [-0.1, -0.05) is 6.07 Å². The molecule has 106 valence electrons. The summed E-state index contributed by atoms with van der Waals surface area (Å²) in [6.07, 6.45) is -4.68. The summed E-state index contributed by atoms with van der Waals surface area (Å²) >= 11 is 0. The fraction of sp³-hybridized carbons (Fsp3) is 0.300. The van der Waals surface area contributed by atoms with Crippen molar-refractivity contribution in [2.24, 2.45) is 0 Å². The molecule has 2 N–H and O–H groups in total. The fourth-order valence-corrected chi connectivity index (χ4v) is 2.43. The number of carboxylic acid groups (broad SMARTS) is 1. The van der Waals surface area contributed by atoms with Crippen LogP contribution in [0.15, 0.2) is 29.2 Å². The predicted molar refractivity (Wildman–Crippen MR) is 58.9 cm³/mol. The van der Waals surface area contributed by atoms with Gasteiger partial charge in [0, 0.05) is 0 Å². The van der Waals surface area contributed by atoms with E-state index < -0.39 is 38.7 Å². The van der Waals surface area contributed by atoms with Gasteiger partial charge in [0.25, 0.3) is 0 Å². The average molecular weight is 297 g/mol. The van der Waals surface area contributed by atoms with Gasteiger partial charge in [-0.3, -0.25) is 4.79 Å². The molecule has 0 bridgehead atoms. The molecule has 0 fully saturated rings. The predicted octanol–water partition coefficient (Wildman–Crippen LogP) is 1.46. The molecule has 0 aliphatic carbocycles. The second kappa shape index (κ2) is 5.17. The summed E-state index contributed by atoms with van der Waals surface area (Å²) in [7, 11) is -4.32. The lowest BCUT2D eigenvalue weighted by Gasteiger charge is -2.12. The van der Waals surface area contributed by atoms with Crippen LogP contribution < -0.4 is 4.72 Å². The molecule has 0 aliphatic heterocycles. The first kappa shape index (κ1) is 15.4. The maximum Gasteiger partial charge on any atom is 0.416 e. The number of sulfonamides is 1. The first-order chi connectivity index (χ1) is 8.54. The van der Waals surface area contributed by atoms with E-state index in [1.807, 2.05) is 0 Å². The highest BCUT2D eigenvalue weighted by Gasteiger charge is 2.32. The number of halogens is 3. The van der Waals surface area contributed by atoms with Crippen LogP contribution in [0.5, 0.6) is 0 Å². The van der Waals surface area contributed by atoms with Crippen LogP contribution in [0.4, 0.5) is 13.2 Å². The Bertz CT molecular complexity index is 583. The number of nitrogens with one attached hydrogen (secondary N) is 1. The Morgan fingerprint density at radius 2 is 1.95 bits per heavy atom. The average Bonchev–Trinajstić information content (AvgIpc) is 2.27. The zero-order chi connectivity index (χ0) is 14.8. The normalized spacial score (nSPS) is 14.1. The van der Waals surface area contributed by atoms with E-state index in [9.17, 15) is 26.4 Å². The van der Waals surface area contributed by atoms with Crippen LogP contribution in [0.2, 0.25) is 0 Å². The third kappa shape index (κ3) is 3.93. The maximum absolute atomic E-state index is 12.4. The first-order valence-electron chi connectivity index (χ1n) is 4.96. The van der Waals surface area contributed by atoms with E-state index in [-0.39, 0.29) is 0 Å². The van der Waals surface area contributed by atoms with E-state index in [4.69, 9.17) is 5.11 Å². The Balaban J connectivity index is 3.13. The summed E-state index contributed by atoms with van der Waals surface area (Å²) in [6.45, 7) is 1.06. The number of aliphatic carboxylic acids is 1. The Labute approximate surface area is 107 Å². The smallest absolute Gasteiger partial charge is 0.416 e. The van der Waals surface area contributed by atoms with Gasteiger partial charge < -0.3 is 5.11 Å². The van der Waals surface area contributed by atoms with Crippen LogP contribution in [-0.4, -0.2) is 25.5 Å². The minimum atomic E-state index is -4.68. The highest BCUT2D eigenvalue weighted by atomic mass is 32.2. The summed E-state index contributed by atoms with van der Waals surface area (Å²) in [6, 6.07) is 1.60. The Hall–Kier alpha value is -1.61. The van der Waals surface area contributed by atoms with Gasteiger partial charge in [0.05, 0.1) is 10.5 Å². The van der Waals surface area contributed by atoms with Crippen molar-refractivity contribution in [3.8, 4) is 0 Å². The van der Waals surface area contributed by atoms with E-state index in [0.29, 0.717) is 6.07 Å². The van der Waals surface area contributed by atoms with E-state index in [0.717, 1.165) is 25.1 Å². The molecule has 0 saturated carbocycles. The van der Waals surface area contributed by atoms with Crippen molar-refractivity contribution in [2.75, 3.05) is 0 Å². The van der Waals surface area contributed by atoms with Crippen LogP contribution in [0, 0.1) is 0 Å². The lowest BCUT2D eigenvalue weighted by atomic mass is 10.2. The molecule has 0 heterocycles. The number of benzene rings is 1. The number of carboxylic acids is 1. The third-order valence-corrected chi connectivity index (χ3v) is 3.71. The molecule has 0 aliphatic rings. The van der Waals surface area contributed by atoms with Crippen molar-refractivity contribution in [2.45, 2.75) is 24.0 Å². The molecular formula is C10H10F3NO4S. The first-order valence-corrected chi connectivity index (χ1v) is 6.45. The van der Waals surface area contributed by atoms with Crippen LogP contribution >= 0.6 is 0 Å². The lowest BCUT2D eigenvalue weighted by molar-refractivity contribution is -0.139. The monoisotopic (exact) mass is 297 g/mol. The van der Waals surface area contributed by atoms with E-state index in [2.05, 4.69) is 0 Å². The molecule has 9 heteroatoms. The van der Waals surface area contributed by atoms with Crippen molar-refractivity contribution in [1.82, 2.24) is 4.72 Å². The molecule has 1 unspecified atom stereocenters. The van der Waals surface area contributed by atoms with Crippen LogP contribution in [0.25, 0.3) is 0 Å². The van der Waals surface area contributed by atoms with Crippen LogP contribution in [0.1, 0.15) is 12.5 Å². The molecule has 0 spiro atoms. The van der Waals surface area contributed by atoms with Gasteiger partial charge in [0.15, 0.2) is 0 Å². The van der Waals surface area contributed by atoms with E-state index in [1.54, 1.807) is 4.72 Å². The molecule has 0 radical (unpaired) electrons. The highest BCUT2D eigenvalue weighted by molar-refractivity contribution is 7.89. The lowest BCUT2D eigenvalue weighted by Crippen LogP contribution is -2.38. The fourth-order valence-electron chi connectivity index (χ4n) is 1.19. The molecule has 0 aromatic heterocycles. The van der Waals surface area contributed by atoms with Gasteiger partial charge in [-0.05, 0) is 25.1 Å². The zero-order valence-corrected chi connectivity index (χ0v) is 10.4. The molecule has 1 rings (SSSR count). The number of hydrogen-bond acceptors (Lipinski definition) is 3. The summed E-state index contributed by atoms with van der Waals surface area (Å²) in [5.41, 5.74) is -1.13. The number of hydrogen-bond donors (Lipinski definition) is 2. The number of carbonyl (C=O) groups is 1. The van der Waals surface area contributed by atoms with Crippen molar-refractivity contribution < 1.29 is 31.5 Å². The van der Waals surface area contributed by atoms with Crippen LogP contribution in [-0.2, 0) is 21.0 Å². The van der Waals surface area contributed by atoms with E-state index >= 15 is 0 Å². The van der Waals surface area contributed by atoms with Gasteiger partial charge in [-0.2, -0.15) is 17.9 Å². The zero-order valence-electron chi connectivity index (χ0n) is 9.60. The molecule has 19 heavy (non-hydrogen) atoms. The van der Waals surface area contributed by atoms with Crippen molar-refractivity contribution >= 4 is 16.0 Å². The maximum atomic E-state index is 12.4. The van der Waals surface area contributed by atoms with Crippen molar-refractivity contribution in [3.63, 3.8) is 0 Å². The van der Waals surface area contributed by atoms with E-state index in [1.165, 1.54) is 0 Å². The molecule has 5 nitrogen and oxygen atoms in total. The highest BCUT2D eigenvalue weighted by Crippen LogP contribution is 2.30. The second-order valence-electron chi connectivity index (χ2n) is 3.71. The summed E-state index contributed by atoms with van der Waals surface area (Å²) in [5.74, 6) is -1.43. The van der Waals surface area contributed by atoms with Crippen molar-refractivity contribution in [3.05, 3.63) is 29.8 Å². The van der Waals surface area contributed by atoms with Gasteiger partial charge in [-0.25, -0.2) is 8.42 Å². The van der Waals surface area contributed by atoms with Gasteiger partial charge in [0.2, 0.25) is 10.0 Å². The molecule has 0 saturated heterocycles. The van der Waals surface area contributed by atoms with Crippen molar-refractivity contribution in [1.29, 1.82) is 0 Å². The molecule has 1 atom stereocenters. The molecular weight excluding hydrogens is 287 g/mol. The summed E-state index contributed by atoms with van der Waals surface area (Å²) in [4.78, 5) is 9.88. The van der Waals surface area contributed by atoms with Gasteiger partial charge in [0.1, 0.15) is 6.04 Å². The molecule has 1 aromatic carbocycles. The summed E-state index contributed by atoms with van der Waals surface area (Å²) in [5, 5.41) is 8.57. The van der Waals surface area contributed by atoms with Gasteiger partial charge >= 0.3 is 12.1 Å². The van der Waals surface area contributed by atoms with Crippen LogP contribution in [0.3, 0.4) is 0 Å². The number of rotatable bonds is 4. The molecule has 0 amide bonds. The minimum Gasteiger partial charge on any atom is -0.480 e. The Morgan fingerprint density at radius 1 is 1.37 bits per heavy atom. The molecule has 1 aromatic rings. The standard InChI is InChI=1S/C10H10F3NO4S/c1-6(9(15)16)14-19(17,18)8-4-2-3-7(5-8)10(11,12)13/h2-6,14H,1H3,(H,15,16). The topological polar surface area (TPSA) is 83.5 Å². The quantitative estimate of drug-likeness (QED) is 0.881. The van der Waals surface area contributed by atoms with Gasteiger partial charge in [-0.15, -0.1) is 0 Å². The third-order valence-electron chi connectivity index (χ3n) is 2.17. The Morgan fingerprint density at radius 3 is 2.42 bits per heavy atom. The largest absolute Gasteiger partial charge is 0.480 e.